The minimum atomic E-state index is -0.485. The van der Waals surface area contributed by atoms with Gasteiger partial charge in [-0.2, -0.15) is 5.06 Å². The third kappa shape index (κ3) is 4.74. The first kappa shape index (κ1) is 28.2. The fraction of sp³-hybridized carbons (Fsp3) is 0.514. The van der Waals surface area contributed by atoms with Crippen LogP contribution in [0.2, 0.25) is 0 Å². The van der Waals surface area contributed by atoms with Gasteiger partial charge in [-0.3, -0.25) is 9.63 Å². The largest absolute Gasteiger partial charge is 0.496 e. The van der Waals surface area contributed by atoms with Gasteiger partial charge in [0, 0.05) is 23.1 Å². The van der Waals surface area contributed by atoms with Crippen molar-refractivity contribution in [3.8, 4) is 16.9 Å². The highest BCUT2D eigenvalue weighted by Gasteiger charge is 2.57. The molecule has 1 saturated heterocycles. The first-order chi connectivity index (χ1) is 19.8. The molecule has 1 aliphatic heterocycles. The quantitative estimate of drug-likeness (QED) is 0.346. The molecular weight excluding hydrogens is 512 g/mol. The summed E-state index contributed by atoms with van der Waals surface area (Å²) in [7, 11) is 1.70. The number of hydrogen-bond acceptors (Lipinski definition) is 5. The van der Waals surface area contributed by atoms with Crippen LogP contribution in [0.1, 0.15) is 52.5 Å². The summed E-state index contributed by atoms with van der Waals surface area (Å²) < 4.78 is 6.03. The molecule has 6 nitrogen and oxygen atoms in total. The average molecular weight is 557 g/mol. The number of rotatable bonds is 8. The standard InChI is InChI=1S/C35H44N2O4/c1-6-25-31(20-38)41-37(32(25)34(39)36-30-18-24-17-29(21(30)2)35(24,3)4)19-23-13-10-16-28(33(23)40-5)27-15-9-12-22-11-7-8-14-26(22)27/h7-16,21,24-25,29-32,38H,6,17-20H2,1-5H3,(H,36,39)/t21-,24?,25-,29-,30-,31-,32-/m0/s1. The van der Waals surface area contributed by atoms with E-state index < -0.39 is 12.1 Å². The molecule has 4 aliphatic rings. The van der Waals surface area contributed by atoms with Crippen molar-refractivity contribution in [2.24, 2.45) is 29.1 Å². The predicted molar refractivity (Wildman–Crippen MR) is 162 cm³/mol. The van der Waals surface area contributed by atoms with Crippen molar-refractivity contribution in [1.29, 1.82) is 0 Å². The van der Waals surface area contributed by atoms with Gasteiger partial charge >= 0.3 is 0 Å². The number of hydroxylamine groups is 2. The van der Waals surface area contributed by atoms with E-state index in [0.29, 0.717) is 29.7 Å². The van der Waals surface area contributed by atoms with Gasteiger partial charge in [0.1, 0.15) is 17.9 Å². The molecule has 2 bridgehead atoms. The van der Waals surface area contributed by atoms with E-state index in [1.165, 1.54) is 11.8 Å². The first-order valence-corrected chi connectivity index (χ1v) is 15.3. The van der Waals surface area contributed by atoms with E-state index in [-0.39, 0.29) is 24.5 Å². The Hall–Kier alpha value is -2.93. The van der Waals surface area contributed by atoms with E-state index in [4.69, 9.17) is 9.57 Å². The molecule has 7 rings (SSSR count). The lowest BCUT2D eigenvalue weighted by Crippen LogP contribution is -2.62. The smallest absolute Gasteiger partial charge is 0.240 e. The Balaban J connectivity index is 1.29. The fourth-order valence-corrected chi connectivity index (χ4v) is 8.25. The van der Waals surface area contributed by atoms with Crippen molar-refractivity contribution in [1.82, 2.24) is 10.4 Å². The zero-order chi connectivity index (χ0) is 28.9. The number of benzene rings is 3. The topological polar surface area (TPSA) is 71.0 Å². The van der Waals surface area contributed by atoms with Gasteiger partial charge in [0.2, 0.25) is 5.91 Å². The number of aliphatic hydroxyl groups excluding tert-OH is 1. The molecule has 3 aromatic rings. The summed E-state index contributed by atoms with van der Waals surface area (Å²) in [4.78, 5) is 20.3. The molecule has 4 fully saturated rings. The maximum Gasteiger partial charge on any atom is 0.240 e. The Morgan fingerprint density at radius 1 is 1.07 bits per heavy atom. The summed E-state index contributed by atoms with van der Waals surface area (Å²) in [6, 6.07) is 20.5. The maximum atomic E-state index is 14.0. The number of carbonyl (C=O) groups is 1. The highest BCUT2D eigenvalue weighted by Crippen LogP contribution is 2.61. The number of aliphatic hydroxyl groups is 1. The van der Waals surface area contributed by atoms with Crippen molar-refractivity contribution in [3.05, 3.63) is 66.2 Å². The normalized spacial score (nSPS) is 30.6. The van der Waals surface area contributed by atoms with Gasteiger partial charge < -0.3 is 15.2 Å². The number of hydrogen-bond donors (Lipinski definition) is 2. The number of para-hydroxylation sites is 1. The lowest BCUT2D eigenvalue weighted by atomic mass is 9.45. The lowest BCUT2D eigenvalue weighted by molar-refractivity contribution is -0.183. The van der Waals surface area contributed by atoms with E-state index in [1.807, 2.05) is 12.1 Å². The minimum Gasteiger partial charge on any atom is -0.496 e. The maximum absolute atomic E-state index is 14.0. The van der Waals surface area contributed by atoms with Gasteiger partial charge in [0.15, 0.2) is 0 Å². The minimum absolute atomic E-state index is 0.00734. The molecular formula is C35H44N2O4. The second kappa shape index (κ2) is 11.0. The number of fused-ring (bicyclic) bond motifs is 3. The molecule has 3 aliphatic carbocycles. The van der Waals surface area contributed by atoms with Gasteiger partial charge in [0.05, 0.1) is 20.3 Å². The van der Waals surface area contributed by atoms with Crippen LogP contribution >= 0.6 is 0 Å². The Morgan fingerprint density at radius 2 is 1.80 bits per heavy atom. The van der Waals surface area contributed by atoms with Crippen LogP contribution in [0.3, 0.4) is 0 Å². The molecule has 41 heavy (non-hydrogen) atoms. The van der Waals surface area contributed by atoms with Crippen molar-refractivity contribution in [3.63, 3.8) is 0 Å². The second-order valence-electron chi connectivity index (χ2n) is 13.0. The summed E-state index contributed by atoms with van der Waals surface area (Å²) >= 11 is 0. The van der Waals surface area contributed by atoms with E-state index in [9.17, 15) is 9.90 Å². The van der Waals surface area contributed by atoms with Crippen LogP contribution in [-0.2, 0) is 16.2 Å². The number of ether oxygens (including phenoxy) is 1. The molecule has 6 heteroatoms. The summed E-state index contributed by atoms with van der Waals surface area (Å²) in [6.45, 7) is 9.39. The van der Waals surface area contributed by atoms with Gasteiger partial charge in [-0.25, -0.2) is 0 Å². The third-order valence-corrected chi connectivity index (χ3v) is 10.8. The monoisotopic (exact) mass is 556 g/mol. The number of amides is 1. The molecule has 1 unspecified atom stereocenters. The molecule has 1 heterocycles. The van der Waals surface area contributed by atoms with Crippen molar-refractivity contribution >= 4 is 16.7 Å². The number of nitrogens with one attached hydrogen (secondary N) is 1. The van der Waals surface area contributed by atoms with Crippen LogP contribution in [0, 0.1) is 29.1 Å². The Labute approximate surface area is 244 Å². The number of carbonyl (C=O) groups excluding carboxylic acids is 1. The van der Waals surface area contributed by atoms with Crippen LogP contribution < -0.4 is 10.1 Å². The molecule has 0 aromatic heterocycles. The Morgan fingerprint density at radius 3 is 2.51 bits per heavy atom. The summed E-state index contributed by atoms with van der Waals surface area (Å²) in [5.74, 6) is 2.44. The zero-order valence-electron chi connectivity index (χ0n) is 25.0. The second-order valence-corrected chi connectivity index (χ2v) is 13.0. The summed E-state index contributed by atoms with van der Waals surface area (Å²) in [5.41, 5.74) is 3.41. The van der Waals surface area contributed by atoms with E-state index in [2.05, 4.69) is 81.5 Å². The first-order valence-electron chi connectivity index (χ1n) is 15.3. The highest BCUT2D eigenvalue weighted by molar-refractivity contribution is 5.98. The molecule has 0 radical (unpaired) electrons. The fourth-order valence-electron chi connectivity index (χ4n) is 8.25. The van der Waals surface area contributed by atoms with Gasteiger partial charge in [-0.05, 0) is 58.8 Å². The van der Waals surface area contributed by atoms with Crippen LogP contribution in [0.25, 0.3) is 21.9 Å². The molecule has 218 valence electrons. The van der Waals surface area contributed by atoms with Gasteiger partial charge in [-0.15, -0.1) is 0 Å². The molecule has 1 amide bonds. The van der Waals surface area contributed by atoms with E-state index in [0.717, 1.165) is 40.7 Å². The van der Waals surface area contributed by atoms with Crippen molar-refractivity contribution in [2.45, 2.75) is 71.7 Å². The van der Waals surface area contributed by atoms with Crippen molar-refractivity contribution in [2.75, 3.05) is 13.7 Å². The van der Waals surface area contributed by atoms with Crippen LogP contribution in [0.5, 0.6) is 5.75 Å². The summed E-state index contributed by atoms with van der Waals surface area (Å²) in [5, 5.41) is 17.8. The zero-order valence-corrected chi connectivity index (χ0v) is 25.0. The van der Waals surface area contributed by atoms with Crippen molar-refractivity contribution < 1.29 is 19.5 Å². The molecule has 0 spiro atoms. The Kier molecular flexibility index (Phi) is 7.60. The lowest BCUT2D eigenvalue weighted by Gasteiger charge is -2.62. The third-order valence-electron chi connectivity index (χ3n) is 10.8. The van der Waals surface area contributed by atoms with Crippen LogP contribution in [0.4, 0.5) is 0 Å². The van der Waals surface area contributed by atoms with E-state index in [1.54, 1.807) is 12.2 Å². The Bertz CT molecular complexity index is 1420. The van der Waals surface area contributed by atoms with Gasteiger partial charge in [0.25, 0.3) is 0 Å². The number of nitrogens with zero attached hydrogens (tertiary/aromatic N) is 1. The number of methoxy groups -OCH3 is 1. The molecule has 7 atom stereocenters. The SMILES string of the molecule is CC[C@H]1[C@H](CO)ON(Cc2cccc(-c3cccc4ccccc34)c2OC)[C@@H]1C(=O)N[C@H]1CC2C[C@@H]([C@@H]1C)C2(C)C. The highest BCUT2D eigenvalue weighted by atomic mass is 16.7. The van der Waals surface area contributed by atoms with Crippen LogP contribution in [-0.4, -0.2) is 48.0 Å². The average Bonchev–Trinajstić information content (AvgIpc) is 3.34. The van der Waals surface area contributed by atoms with Crippen LogP contribution in [0.15, 0.2) is 60.7 Å². The summed E-state index contributed by atoms with van der Waals surface area (Å²) in [6.07, 6.45) is 2.63. The van der Waals surface area contributed by atoms with Gasteiger partial charge in [-0.1, -0.05) is 88.4 Å². The van der Waals surface area contributed by atoms with E-state index >= 15 is 0 Å². The molecule has 2 N–H and O–H groups in total. The predicted octanol–water partition coefficient (Wildman–Crippen LogP) is 6.21. The molecule has 3 saturated carbocycles. The molecule has 3 aromatic carbocycles.